The zero-order valence-corrected chi connectivity index (χ0v) is 12.4. The quantitative estimate of drug-likeness (QED) is 0.751. The van der Waals surface area contributed by atoms with Gasteiger partial charge in [0, 0.05) is 5.39 Å². The summed E-state index contributed by atoms with van der Waals surface area (Å²) < 4.78 is 5.80. The molecule has 0 aliphatic carbocycles. The molecule has 6 heteroatoms. The van der Waals surface area contributed by atoms with E-state index in [-0.39, 0.29) is 5.92 Å². The molecule has 2 N–H and O–H groups in total. The molecule has 0 amide bonds. The number of nitrogens with one attached hydrogen (secondary N) is 1. The van der Waals surface area contributed by atoms with Crippen molar-refractivity contribution in [3.05, 3.63) is 30.6 Å². The summed E-state index contributed by atoms with van der Waals surface area (Å²) in [5, 5.41) is 13.3. The topological polar surface area (TPSA) is 88.3 Å². The third kappa shape index (κ3) is 2.36. The lowest BCUT2D eigenvalue weighted by molar-refractivity contribution is -0.139. The zero-order chi connectivity index (χ0) is 15.7. The Balaban J connectivity index is 2.09. The fraction of sp³-hybridized carbons (Fsp3) is 0.312. The number of carboxylic acid groups (broad SMARTS) is 1. The summed E-state index contributed by atoms with van der Waals surface area (Å²) in [6.07, 6.45) is 2.17. The Bertz CT molecular complexity index is 828. The molecule has 2 atom stereocenters. The van der Waals surface area contributed by atoms with Crippen LogP contribution in [0.5, 0.6) is 0 Å². The predicted molar refractivity (Wildman–Crippen MR) is 83.8 cm³/mol. The molecule has 22 heavy (non-hydrogen) atoms. The van der Waals surface area contributed by atoms with E-state index >= 15 is 0 Å². The molecule has 2 aromatic heterocycles. The summed E-state index contributed by atoms with van der Waals surface area (Å²) >= 11 is 0. The average molecular weight is 299 g/mol. The molecular weight excluding hydrogens is 282 g/mol. The fourth-order valence-corrected chi connectivity index (χ4v) is 2.46. The summed E-state index contributed by atoms with van der Waals surface area (Å²) in [7, 11) is 0. The van der Waals surface area contributed by atoms with Gasteiger partial charge in [0.05, 0.1) is 0 Å². The SMILES string of the molecule is CCC(C)C(Nc1ncnc2c1oc1ccccc12)C(=O)O. The molecular formula is C16H17N3O3. The first kappa shape index (κ1) is 14.3. The van der Waals surface area contributed by atoms with Crippen molar-refractivity contribution in [3.63, 3.8) is 0 Å². The first-order valence-corrected chi connectivity index (χ1v) is 7.23. The highest BCUT2D eigenvalue weighted by Crippen LogP contribution is 2.31. The molecule has 114 valence electrons. The van der Waals surface area contributed by atoms with Crippen LogP contribution in [0.3, 0.4) is 0 Å². The number of fused-ring (bicyclic) bond motifs is 3. The zero-order valence-electron chi connectivity index (χ0n) is 12.4. The standard InChI is InChI=1S/C16H17N3O3/c1-3-9(2)12(16(20)21)19-15-14-13(17-8-18-15)10-6-4-5-7-11(10)22-14/h4-9,12H,3H2,1-2H3,(H,20,21)(H,17,18,19). The van der Waals surface area contributed by atoms with Crippen LogP contribution in [-0.4, -0.2) is 27.1 Å². The fourth-order valence-electron chi connectivity index (χ4n) is 2.46. The molecule has 0 bridgehead atoms. The number of hydrogen-bond donors (Lipinski definition) is 2. The van der Waals surface area contributed by atoms with Crippen LogP contribution in [0.2, 0.25) is 0 Å². The van der Waals surface area contributed by atoms with Gasteiger partial charge in [0.1, 0.15) is 23.5 Å². The first-order chi connectivity index (χ1) is 10.6. The van der Waals surface area contributed by atoms with E-state index in [0.717, 1.165) is 11.8 Å². The second kappa shape index (κ2) is 5.63. The Hall–Kier alpha value is -2.63. The normalized spacial score (nSPS) is 14.1. The number of anilines is 1. The molecule has 2 heterocycles. The number of rotatable bonds is 5. The molecule has 3 rings (SSSR count). The van der Waals surface area contributed by atoms with Gasteiger partial charge in [-0.3, -0.25) is 0 Å². The lowest BCUT2D eigenvalue weighted by Gasteiger charge is -2.20. The van der Waals surface area contributed by atoms with Crippen molar-refractivity contribution in [2.24, 2.45) is 5.92 Å². The smallest absolute Gasteiger partial charge is 0.326 e. The molecule has 0 aliphatic rings. The van der Waals surface area contributed by atoms with Crippen LogP contribution in [0, 0.1) is 5.92 Å². The maximum atomic E-state index is 11.5. The molecule has 6 nitrogen and oxygen atoms in total. The van der Waals surface area contributed by atoms with E-state index in [2.05, 4.69) is 15.3 Å². The van der Waals surface area contributed by atoms with E-state index in [1.807, 2.05) is 38.1 Å². The van der Waals surface area contributed by atoms with Gasteiger partial charge in [0.2, 0.25) is 0 Å². The van der Waals surface area contributed by atoms with E-state index in [1.165, 1.54) is 6.33 Å². The highest BCUT2D eigenvalue weighted by atomic mass is 16.4. The Morgan fingerprint density at radius 3 is 2.86 bits per heavy atom. The number of carboxylic acids is 1. The second-order valence-corrected chi connectivity index (χ2v) is 5.34. The molecule has 0 saturated heterocycles. The van der Waals surface area contributed by atoms with Crippen LogP contribution in [0.4, 0.5) is 5.82 Å². The number of hydrogen-bond acceptors (Lipinski definition) is 5. The maximum absolute atomic E-state index is 11.5. The van der Waals surface area contributed by atoms with Crippen molar-refractivity contribution < 1.29 is 14.3 Å². The molecule has 0 aliphatic heterocycles. The minimum absolute atomic E-state index is 0.0353. The molecule has 0 spiro atoms. The van der Waals surface area contributed by atoms with Crippen LogP contribution < -0.4 is 5.32 Å². The Kier molecular flexibility index (Phi) is 3.66. The third-order valence-electron chi connectivity index (χ3n) is 3.93. The number of aromatic nitrogens is 2. The predicted octanol–water partition coefficient (Wildman–Crippen LogP) is 3.29. The van der Waals surface area contributed by atoms with Crippen molar-refractivity contribution in [2.75, 3.05) is 5.32 Å². The van der Waals surface area contributed by atoms with Crippen molar-refractivity contribution in [1.29, 1.82) is 0 Å². The van der Waals surface area contributed by atoms with Gasteiger partial charge >= 0.3 is 5.97 Å². The van der Waals surface area contributed by atoms with E-state index in [0.29, 0.717) is 22.5 Å². The van der Waals surface area contributed by atoms with Gasteiger partial charge in [0.25, 0.3) is 0 Å². The molecule has 2 unspecified atom stereocenters. The Morgan fingerprint density at radius 2 is 2.14 bits per heavy atom. The van der Waals surface area contributed by atoms with E-state index in [1.54, 1.807) is 0 Å². The van der Waals surface area contributed by atoms with Gasteiger partial charge in [-0.05, 0) is 18.1 Å². The summed E-state index contributed by atoms with van der Waals surface area (Å²) in [6, 6.07) is 6.83. The monoisotopic (exact) mass is 299 g/mol. The van der Waals surface area contributed by atoms with Crippen LogP contribution >= 0.6 is 0 Å². The number of benzene rings is 1. The number of para-hydroxylation sites is 1. The first-order valence-electron chi connectivity index (χ1n) is 7.23. The van der Waals surface area contributed by atoms with Crippen LogP contribution in [0.15, 0.2) is 35.0 Å². The molecule has 3 aromatic rings. The summed E-state index contributed by atoms with van der Waals surface area (Å²) in [6.45, 7) is 3.85. The summed E-state index contributed by atoms with van der Waals surface area (Å²) in [4.78, 5) is 19.9. The number of furan rings is 1. The van der Waals surface area contributed by atoms with Crippen LogP contribution in [0.1, 0.15) is 20.3 Å². The molecule has 0 saturated carbocycles. The summed E-state index contributed by atoms with van der Waals surface area (Å²) in [5.41, 5.74) is 1.87. The Labute approximate surface area is 127 Å². The van der Waals surface area contributed by atoms with Gasteiger partial charge in [-0.25, -0.2) is 14.8 Å². The van der Waals surface area contributed by atoms with E-state index < -0.39 is 12.0 Å². The number of nitrogens with zero attached hydrogens (tertiary/aromatic N) is 2. The van der Waals surface area contributed by atoms with Crippen LogP contribution in [0.25, 0.3) is 22.1 Å². The number of carbonyl (C=O) groups is 1. The van der Waals surface area contributed by atoms with Gasteiger partial charge in [0.15, 0.2) is 11.4 Å². The highest BCUT2D eigenvalue weighted by molar-refractivity contribution is 6.05. The van der Waals surface area contributed by atoms with Gasteiger partial charge < -0.3 is 14.8 Å². The second-order valence-electron chi connectivity index (χ2n) is 5.34. The largest absolute Gasteiger partial charge is 0.480 e. The van der Waals surface area contributed by atoms with Gasteiger partial charge in [-0.2, -0.15) is 0 Å². The van der Waals surface area contributed by atoms with Crippen molar-refractivity contribution in [1.82, 2.24) is 9.97 Å². The van der Waals surface area contributed by atoms with E-state index in [9.17, 15) is 9.90 Å². The average Bonchev–Trinajstić information content (AvgIpc) is 2.91. The van der Waals surface area contributed by atoms with Crippen LogP contribution in [-0.2, 0) is 4.79 Å². The van der Waals surface area contributed by atoms with E-state index in [4.69, 9.17) is 4.42 Å². The third-order valence-corrected chi connectivity index (χ3v) is 3.93. The highest BCUT2D eigenvalue weighted by Gasteiger charge is 2.25. The van der Waals surface area contributed by atoms with Gasteiger partial charge in [-0.1, -0.05) is 32.4 Å². The lowest BCUT2D eigenvalue weighted by atomic mass is 9.99. The molecule has 0 fully saturated rings. The minimum Gasteiger partial charge on any atom is -0.480 e. The maximum Gasteiger partial charge on any atom is 0.326 e. The van der Waals surface area contributed by atoms with Crippen molar-refractivity contribution in [3.8, 4) is 0 Å². The molecule has 1 aromatic carbocycles. The Morgan fingerprint density at radius 1 is 1.36 bits per heavy atom. The van der Waals surface area contributed by atoms with Crippen molar-refractivity contribution >= 4 is 33.9 Å². The summed E-state index contributed by atoms with van der Waals surface area (Å²) in [5.74, 6) is -0.530. The van der Waals surface area contributed by atoms with Crippen molar-refractivity contribution in [2.45, 2.75) is 26.3 Å². The minimum atomic E-state index is -0.905. The number of aliphatic carboxylic acids is 1. The van der Waals surface area contributed by atoms with Gasteiger partial charge in [-0.15, -0.1) is 0 Å². The molecule has 0 radical (unpaired) electrons. The lowest BCUT2D eigenvalue weighted by Crippen LogP contribution is -2.35.